The van der Waals surface area contributed by atoms with E-state index in [1.54, 1.807) is 11.3 Å². The van der Waals surface area contributed by atoms with Crippen LogP contribution in [0.25, 0.3) is 10.1 Å². The van der Waals surface area contributed by atoms with Crippen LogP contribution in [0.15, 0.2) is 30.3 Å². The molecule has 1 aromatic heterocycles. The number of thiophene rings is 1. The number of nitrogens with one attached hydrogen (secondary N) is 1. The second-order valence-electron chi connectivity index (χ2n) is 5.52. The first-order chi connectivity index (χ1) is 9.81. The fourth-order valence-electron chi connectivity index (χ4n) is 2.20. The van der Waals surface area contributed by atoms with Gasteiger partial charge in [0.25, 0.3) is 0 Å². The lowest BCUT2D eigenvalue weighted by molar-refractivity contribution is 0.0324. The van der Waals surface area contributed by atoms with Crippen molar-refractivity contribution in [3.05, 3.63) is 35.2 Å². The number of rotatable bonds is 8. The fourth-order valence-corrected chi connectivity index (χ4v) is 3.23. The van der Waals surface area contributed by atoms with Crippen LogP contribution in [0.1, 0.15) is 17.7 Å². The highest BCUT2D eigenvalue weighted by Gasteiger charge is 2.21. The molecule has 0 radical (unpaired) electrons. The lowest BCUT2D eigenvalue weighted by Gasteiger charge is -2.11. The Bertz CT molecular complexity index is 517. The molecule has 0 aliphatic heterocycles. The molecule has 1 fully saturated rings. The lowest BCUT2D eigenvalue weighted by Crippen LogP contribution is -2.30. The van der Waals surface area contributed by atoms with Gasteiger partial charge in [-0.2, -0.15) is 0 Å². The maximum atomic E-state index is 9.82. The van der Waals surface area contributed by atoms with Gasteiger partial charge in [-0.05, 0) is 36.3 Å². The molecule has 4 heteroatoms. The molecule has 20 heavy (non-hydrogen) atoms. The monoisotopic (exact) mass is 291 g/mol. The highest BCUT2D eigenvalue weighted by molar-refractivity contribution is 7.19. The summed E-state index contributed by atoms with van der Waals surface area (Å²) < 4.78 is 6.80. The molecular weight excluding hydrogens is 270 g/mol. The SMILES string of the molecule is OC(CNCc1cc2ccccc2s1)COCC1CC1. The zero-order valence-corrected chi connectivity index (χ0v) is 12.4. The molecular formula is C16H21NO2S. The Hall–Kier alpha value is -0.940. The maximum absolute atomic E-state index is 9.82. The molecule has 2 aromatic rings. The number of hydrogen-bond donors (Lipinski definition) is 2. The Morgan fingerprint density at radius 1 is 1.35 bits per heavy atom. The van der Waals surface area contributed by atoms with Crippen molar-refractivity contribution in [1.82, 2.24) is 5.32 Å². The van der Waals surface area contributed by atoms with E-state index in [1.807, 2.05) is 0 Å². The van der Waals surface area contributed by atoms with Crippen LogP contribution in [-0.2, 0) is 11.3 Å². The molecule has 0 bridgehead atoms. The molecule has 1 atom stereocenters. The standard InChI is InChI=1S/C16H21NO2S/c18-14(11-19-10-12-5-6-12)8-17-9-15-7-13-3-1-2-4-16(13)20-15/h1-4,7,12,14,17-18H,5-6,8-11H2. The van der Waals surface area contributed by atoms with E-state index in [0.717, 1.165) is 19.1 Å². The van der Waals surface area contributed by atoms with Gasteiger partial charge in [-0.3, -0.25) is 0 Å². The minimum absolute atomic E-state index is 0.414. The highest BCUT2D eigenvalue weighted by atomic mass is 32.1. The summed E-state index contributed by atoms with van der Waals surface area (Å²) in [7, 11) is 0. The first-order valence-electron chi connectivity index (χ1n) is 7.25. The Morgan fingerprint density at radius 2 is 2.20 bits per heavy atom. The number of ether oxygens (including phenoxy) is 1. The van der Waals surface area contributed by atoms with Crippen molar-refractivity contribution in [3.8, 4) is 0 Å². The summed E-state index contributed by atoms with van der Waals surface area (Å²) in [5, 5.41) is 14.4. The summed E-state index contributed by atoms with van der Waals surface area (Å²) in [6.45, 7) is 2.64. The molecule has 108 valence electrons. The van der Waals surface area contributed by atoms with Crippen LogP contribution in [0.2, 0.25) is 0 Å². The van der Waals surface area contributed by atoms with Crippen molar-refractivity contribution in [1.29, 1.82) is 0 Å². The predicted octanol–water partition coefficient (Wildman–Crippen LogP) is 2.78. The van der Waals surface area contributed by atoms with Crippen molar-refractivity contribution in [2.24, 2.45) is 5.92 Å². The third kappa shape index (κ3) is 4.03. The number of benzene rings is 1. The molecule has 1 aliphatic rings. The fraction of sp³-hybridized carbons (Fsp3) is 0.500. The third-order valence-corrected chi connectivity index (χ3v) is 4.63. The average Bonchev–Trinajstić information content (AvgIpc) is 3.17. The van der Waals surface area contributed by atoms with Crippen LogP contribution in [0.5, 0.6) is 0 Å². The van der Waals surface area contributed by atoms with Gasteiger partial charge in [0.15, 0.2) is 0 Å². The van der Waals surface area contributed by atoms with Gasteiger partial charge in [0.05, 0.1) is 12.7 Å². The minimum atomic E-state index is -0.414. The molecule has 0 spiro atoms. The predicted molar refractivity (Wildman–Crippen MR) is 83.1 cm³/mol. The summed E-state index contributed by atoms with van der Waals surface area (Å²) in [5.74, 6) is 0.758. The normalized spacial score (nSPS) is 16.6. The quantitative estimate of drug-likeness (QED) is 0.786. The molecule has 0 amide bonds. The van der Waals surface area contributed by atoms with Crippen LogP contribution < -0.4 is 5.32 Å². The smallest absolute Gasteiger partial charge is 0.0897 e. The average molecular weight is 291 g/mol. The first kappa shape index (κ1) is 14.0. The van der Waals surface area contributed by atoms with Crippen LogP contribution >= 0.6 is 11.3 Å². The van der Waals surface area contributed by atoms with E-state index in [-0.39, 0.29) is 0 Å². The number of aliphatic hydroxyl groups excluding tert-OH is 1. The van der Waals surface area contributed by atoms with E-state index in [1.165, 1.54) is 27.8 Å². The number of fused-ring (bicyclic) bond motifs is 1. The topological polar surface area (TPSA) is 41.5 Å². The molecule has 1 aromatic carbocycles. The van der Waals surface area contributed by atoms with Gasteiger partial charge in [-0.1, -0.05) is 18.2 Å². The second kappa shape index (κ2) is 6.68. The zero-order chi connectivity index (χ0) is 13.8. The Balaban J connectivity index is 1.37. The van der Waals surface area contributed by atoms with E-state index >= 15 is 0 Å². The van der Waals surface area contributed by atoms with Gasteiger partial charge in [0.2, 0.25) is 0 Å². The van der Waals surface area contributed by atoms with E-state index in [4.69, 9.17) is 4.74 Å². The highest BCUT2D eigenvalue weighted by Crippen LogP contribution is 2.28. The van der Waals surface area contributed by atoms with Gasteiger partial charge in [-0.15, -0.1) is 11.3 Å². The van der Waals surface area contributed by atoms with Crippen molar-refractivity contribution < 1.29 is 9.84 Å². The summed E-state index contributed by atoms with van der Waals surface area (Å²) in [6, 6.07) is 10.6. The van der Waals surface area contributed by atoms with Crippen molar-refractivity contribution in [3.63, 3.8) is 0 Å². The lowest BCUT2D eigenvalue weighted by atomic mass is 10.2. The van der Waals surface area contributed by atoms with Gasteiger partial charge in [0.1, 0.15) is 0 Å². The van der Waals surface area contributed by atoms with E-state index in [0.29, 0.717) is 13.2 Å². The van der Waals surface area contributed by atoms with Crippen LogP contribution in [0.4, 0.5) is 0 Å². The first-order valence-corrected chi connectivity index (χ1v) is 8.07. The van der Waals surface area contributed by atoms with Crippen molar-refractivity contribution >= 4 is 21.4 Å². The molecule has 3 nitrogen and oxygen atoms in total. The molecule has 0 saturated heterocycles. The van der Waals surface area contributed by atoms with Gasteiger partial charge >= 0.3 is 0 Å². The van der Waals surface area contributed by atoms with Gasteiger partial charge in [0, 0.05) is 29.3 Å². The van der Waals surface area contributed by atoms with Gasteiger partial charge in [-0.25, -0.2) is 0 Å². The molecule has 1 aliphatic carbocycles. The Kier molecular flexibility index (Phi) is 4.68. The molecule has 3 rings (SSSR count). The van der Waals surface area contributed by atoms with Crippen LogP contribution in [0.3, 0.4) is 0 Å². The van der Waals surface area contributed by atoms with Crippen molar-refractivity contribution in [2.45, 2.75) is 25.5 Å². The van der Waals surface area contributed by atoms with Crippen LogP contribution in [0, 0.1) is 5.92 Å². The molecule has 1 unspecified atom stereocenters. The summed E-state index contributed by atoms with van der Waals surface area (Å²) >= 11 is 1.80. The number of hydrogen-bond acceptors (Lipinski definition) is 4. The Morgan fingerprint density at radius 3 is 3.00 bits per heavy atom. The molecule has 1 heterocycles. The van der Waals surface area contributed by atoms with E-state index < -0.39 is 6.10 Å². The largest absolute Gasteiger partial charge is 0.389 e. The second-order valence-corrected chi connectivity index (χ2v) is 6.68. The Labute approximate surface area is 123 Å². The number of aliphatic hydroxyl groups is 1. The molecule has 1 saturated carbocycles. The van der Waals surface area contributed by atoms with Gasteiger partial charge < -0.3 is 15.2 Å². The maximum Gasteiger partial charge on any atom is 0.0897 e. The minimum Gasteiger partial charge on any atom is -0.389 e. The summed E-state index contributed by atoms with van der Waals surface area (Å²) in [4.78, 5) is 1.30. The third-order valence-electron chi connectivity index (χ3n) is 3.52. The molecule has 2 N–H and O–H groups in total. The van der Waals surface area contributed by atoms with Crippen LogP contribution in [-0.4, -0.2) is 31.0 Å². The summed E-state index contributed by atoms with van der Waals surface area (Å²) in [6.07, 6.45) is 2.17. The van der Waals surface area contributed by atoms with E-state index in [9.17, 15) is 5.11 Å². The summed E-state index contributed by atoms with van der Waals surface area (Å²) in [5.41, 5.74) is 0. The zero-order valence-electron chi connectivity index (χ0n) is 11.5. The van der Waals surface area contributed by atoms with E-state index in [2.05, 4.69) is 35.6 Å². The van der Waals surface area contributed by atoms with Crippen molar-refractivity contribution in [2.75, 3.05) is 19.8 Å².